The zero-order chi connectivity index (χ0) is 26.2. The van der Waals surface area contributed by atoms with E-state index in [0.717, 1.165) is 22.0 Å². The molecule has 2 heterocycles. The second kappa shape index (κ2) is 10.3. The molecule has 4 aromatic rings. The van der Waals surface area contributed by atoms with E-state index in [2.05, 4.69) is 34.3 Å². The highest BCUT2D eigenvalue weighted by molar-refractivity contribution is 7.89. The molecule has 1 fully saturated rings. The Morgan fingerprint density at radius 3 is 2.35 bits per heavy atom. The summed E-state index contributed by atoms with van der Waals surface area (Å²) in [6, 6.07) is 21.4. The third-order valence-corrected chi connectivity index (χ3v) is 9.35. The van der Waals surface area contributed by atoms with Crippen molar-refractivity contribution in [2.75, 3.05) is 31.1 Å². The van der Waals surface area contributed by atoms with E-state index >= 15 is 0 Å². The minimum atomic E-state index is -3.33. The van der Waals surface area contributed by atoms with E-state index in [-0.39, 0.29) is 5.56 Å². The molecule has 0 spiro atoms. The molecule has 1 aliphatic rings. The van der Waals surface area contributed by atoms with Gasteiger partial charge in [0, 0.05) is 43.2 Å². The van der Waals surface area contributed by atoms with E-state index in [9.17, 15) is 13.2 Å². The second-order valence-corrected chi connectivity index (χ2v) is 12.5. The van der Waals surface area contributed by atoms with Crippen molar-refractivity contribution in [1.82, 2.24) is 14.1 Å². The number of piperazine rings is 1. The van der Waals surface area contributed by atoms with Gasteiger partial charge in [-0.15, -0.1) is 0 Å². The monoisotopic (exact) mass is 536 g/mol. The molecule has 3 aromatic carbocycles. The minimum Gasteiger partial charge on any atom is -0.367 e. The minimum absolute atomic E-state index is 0.217. The standard InChI is InChI=1S/C28H29ClN4O3S/c1-20(2)37(35,36)32-14-12-31(13-15-32)27-19-30-33(25-9-5-8-24(29)18-25)28(34)26(27)17-21-10-11-22-6-3-4-7-23(22)16-21/h3-11,16,18-20H,12-15,17H2,1-2H3. The second-order valence-electron chi connectivity index (χ2n) is 9.54. The van der Waals surface area contributed by atoms with E-state index in [1.54, 1.807) is 44.3 Å². The van der Waals surface area contributed by atoms with Crippen LogP contribution in [-0.2, 0) is 16.4 Å². The molecule has 0 bridgehead atoms. The summed E-state index contributed by atoms with van der Waals surface area (Å²) in [6.45, 7) is 5.10. The average molecular weight is 537 g/mol. The summed E-state index contributed by atoms with van der Waals surface area (Å²) in [5, 5.41) is 6.79. The van der Waals surface area contributed by atoms with Gasteiger partial charge in [-0.05, 0) is 48.4 Å². The van der Waals surface area contributed by atoms with E-state index < -0.39 is 15.3 Å². The first-order valence-electron chi connectivity index (χ1n) is 12.3. The van der Waals surface area contributed by atoms with E-state index in [0.29, 0.717) is 48.9 Å². The molecule has 1 aliphatic heterocycles. The lowest BCUT2D eigenvalue weighted by Crippen LogP contribution is -2.51. The molecule has 0 radical (unpaired) electrons. The lowest BCUT2D eigenvalue weighted by atomic mass is 10.0. The van der Waals surface area contributed by atoms with Gasteiger partial charge in [0.05, 0.1) is 22.8 Å². The van der Waals surface area contributed by atoms with Gasteiger partial charge in [0.15, 0.2) is 0 Å². The fraction of sp³-hybridized carbons (Fsp3) is 0.286. The summed E-state index contributed by atoms with van der Waals surface area (Å²) < 4.78 is 28.2. The summed E-state index contributed by atoms with van der Waals surface area (Å²) in [7, 11) is -3.33. The van der Waals surface area contributed by atoms with Crippen molar-refractivity contribution in [3.05, 3.63) is 99.4 Å². The Kier molecular flexibility index (Phi) is 7.07. The van der Waals surface area contributed by atoms with Crippen LogP contribution in [0.5, 0.6) is 0 Å². The fourth-order valence-electron chi connectivity index (χ4n) is 4.75. The number of sulfonamides is 1. The Hall–Kier alpha value is -3.20. The van der Waals surface area contributed by atoms with Crippen LogP contribution in [0.4, 0.5) is 5.69 Å². The van der Waals surface area contributed by atoms with Crippen LogP contribution in [0.3, 0.4) is 0 Å². The smallest absolute Gasteiger partial charge is 0.277 e. The molecule has 9 heteroatoms. The summed E-state index contributed by atoms with van der Waals surface area (Å²) >= 11 is 6.19. The fourth-order valence-corrected chi connectivity index (χ4v) is 6.20. The summed E-state index contributed by atoms with van der Waals surface area (Å²) in [4.78, 5) is 15.9. The molecule has 37 heavy (non-hydrogen) atoms. The summed E-state index contributed by atoms with van der Waals surface area (Å²) in [5.74, 6) is 0. The van der Waals surface area contributed by atoms with Crippen LogP contribution in [0.2, 0.25) is 5.02 Å². The molecule has 0 atom stereocenters. The molecule has 0 aliphatic carbocycles. The number of rotatable bonds is 6. The first-order valence-corrected chi connectivity index (χ1v) is 14.2. The molecule has 0 saturated carbocycles. The van der Waals surface area contributed by atoms with Gasteiger partial charge in [0.2, 0.25) is 10.0 Å². The van der Waals surface area contributed by atoms with Crippen LogP contribution < -0.4 is 10.5 Å². The van der Waals surface area contributed by atoms with Crippen molar-refractivity contribution >= 4 is 38.1 Å². The molecular weight excluding hydrogens is 508 g/mol. The van der Waals surface area contributed by atoms with Gasteiger partial charge >= 0.3 is 0 Å². The average Bonchev–Trinajstić information content (AvgIpc) is 2.89. The normalized spacial score (nSPS) is 15.0. The van der Waals surface area contributed by atoms with Crippen LogP contribution in [0, 0.1) is 0 Å². The predicted octanol–water partition coefficient (Wildman–Crippen LogP) is 4.49. The Balaban J connectivity index is 1.54. The zero-order valence-electron chi connectivity index (χ0n) is 20.8. The number of halogens is 1. The summed E-state index contributed by atoms with van der Waals surface area (Å²) in [5.41, 5.74) is 2.74. The van der Waals surface area contributed by atoms with Crippen LogP contribution >= 0.6 is 11.6 Å². The Morgan fingerprint density at radius 1 is 0.919 bits per heavy atom. The Labute approximate surface area is 222 Å². The molecular formula is C28H29ClN4O3S. The van der Waals surface area contributed by atoms with Gasteiger partial charge in [-0.2, -0.15) is 14.1 Å². The quantitative estimate of drug-likeness (QED) is 0.363. The number of nitrogens with zero attached hydrogens (tertiary/aromatic N) is 4. The molecule has 5 rings (SSSR count). The van der Waals surface area contributed by atoms with E-state index in [4.69, 9.17) is 11.6 Å². The van der Waals surface area contributed by atoms with E-state index in [1.807, 2.05) is 18.2 Å². The number of hydrogen-bond donors (Lipinski definition) is 0. The van der Waals surface area contributed by atoms with Gasteiger partial charge in [0.25, 0.3) is 5.56 Å². The van der Waals surface area contributed by atoms with Gasteiger partial charge in [-0.1, -0.05) is 60.1 Å². The third-order valence-electron chi connectivity index (χ3n) is 6.84. The predicted molar refractivity (Wildman–Crippen MR) is 149 cm³/mol. The van der Waals surface area contributed by atoms with Gasteiger partial charge < -0.3 is 4.90 Å². The first kappa shape index (κ1) is 25.4. The molecule has 0 N–H and O–H groups in total. The number of fused-ring (bicyclic) bond motifs is 1. The van der Waals surface area contributed by atoms with Crippen molar-refractivity contribution in [1.29, 1.82) is 0 Å². The van der Waals surface area contributed by atoms with Gasteiger partial charge in [-0.25, -0.2) is 8.42 Å². The highest BCUT2D eigenvalue weighted by atomic mass is 35.5. The van der Waals surface area contributed by atoms with Crippen molar-refractivity contribution in [2.24, 2.45) is 0 Å². The Bertz CT molecular complexity index is 1610. The number of aromatic nitrogens is 2. The van der Waals surface area contributed by atoms with Crippen molar-refractivity contribution in [3.8, 4) is 5.69 Å². The van der Waals surface area contributed by atoms with Crippen LogP contribution in [0.15, 0.2) is 77.7 Å². The molecule has 1 saturated heterocycles. The Morgan fingerprint density at radius 2 is 1.65 bits per heavy atom. The highest BCUT2D eigenvalue weighted by Crippen LogP contribution is 2.25. The lowest BCUT2D eigenvalue weighted by Gasteiger charge is -2.36. The van der Waals surface area contributed by atoms with Gasteiger partial charge in [-0.3, -0.25) is 4.79 Å². The number of anilines is 1. The van der Waals surface area contributed by atoms with Crippen molar-refractivity contribution < 1.29 is 8.42 Å². The molecule has 7 nitrogen and oxygen atoms in total. The molecule has 0 unspecified atom stereocenters. The lowest BCUT2D eigenvalue weighted by molar-refractivity contribution is 0.380. The molecule has 192 valence electrons. The van der Waals surface area contributed by atoms with Crippen molar-refractivity contribution in [3.63, 3.8) is 0 Å². The largest absolute Gasteiger partial charge is 0.367 e. The van der Waals surface area contributed by atoms with E-state index in [1.165, 1.54) is 8.99 Å². The molecule has 1 aromatic heterocycles. The molecule has 0 amide bonds. The maximum Gasteiger partial charge on any atom is 0.277 e. The third kappa shape index (κ3) is 5.14. The SMILES string of the molecule is CC(C)S(=O)(=O)N1CCN(c2cnn(-c3cccc(Cl)c3)c(=O)c2Cc2ccc3ccccc3c2)CC1. The van der Waals surface area contributed by atoms with Crippen LogP contribution in [-0.4, -0.2) is 53.9 Å². The van der Waals surface area contributed by atoms with Crippen LogP contribution in [0.25, 0.3) is 16.5 Å². The maximum absolute atomic E-state index is 13.8. The number of hydrogen-bond acceptors (Lipinski definition) is 5. The van der Waals surface area contributed by atoms with Crippen molar-refractivity contribution in [2.45, 2.75) is 25.5 Å². The van der Waals surface area contributed by atoms with Crippen LogP contribution in [0.1, 0.15) is 25.0 Å². The van der Waals surface area contributed by atoms with Gasteiger partial charge in [0.1, 0.15) is 0 Å². The highest BCUT2D eigenvalue weighted by Gasteiger charge is 2.30. The zero-order valence-corrected chi connectivity index (χ0v) is 22.4. The maximum atomic E-state index is 13.8. The topological polar surface area (TPSA) is 75.5 Å². The first-order chi connectivity index (χ1) is 17.7. The number of benzene rings is 3. The summed E-state index contributed by atoms with van der Waals surface area (Å²) in [6.07, 6.45) is 2.14.